The second-order valence-corrected chi connectivity index (χ2v) is 11.0. The van der Waals surface area contributed by atoms with Crippen molar-refractivity contribution < 1.29 is 28.9 Å². The number of benzene rings is 2. The molecule has 202 valence electrons. The Morgan fingerprint density at radius 2 is 1.59 bits per heavy atom. The Bertz CT molecular complexity index is 1080. The summed E-state index contributed by atoms with van der Waals surface area (Å²) in [5.74, 6) is 1.51. The molecule has 1 fully saturated rings. The van der Waals surface area contributed by atoms with Gasteiger partial charge in [0.1, 0.15) is 11.5 Å². The van der Waals surface area contributed by atoms with Crippen LogP contribution in [0.15, 0.2) is 30.3 Å². The fraction of sp³-hybridized carbons (Fsp3) is 0.533. The van der Waals surface area contributed by atoms with Gasteiger partial charge >= 0.3 is 0 Å². The molecule has 0 aromatic heterocycles. The maximum absolute atomic E-state index is 12.6. The monoisotopic (exact) mass is 511 g/mol. The number of amides is 1. The van der Waals surface area contributed by atoms with Gasteiger partial charge in [0, 0.05) is 23.6 Å². The van der Waals surface area contributed by atoms with Crippen molar-refractivity contribution in [3.8, 4) is 23.0 Å². The maximum atomic E-state index is 12.6. The average Bonchev–Trinajstić information content (AvgIpc) is 3.35. The van der Waals surface area contributed by atoms with Gasteiger partial charge in [-0.3, -0.25) is 9.59 Å². The summed E-state index contributed by atoms with van der Waals surface area (Å²) >= 11 is 0. The minimum atomic E-state index is -0.151. The molecule has 37 heavy (non-hydrogen) atoms. The van der Waals surface area contributed by atoms with Crippen LogP contribution in [0.5, 0.6) is 23.0 Å². The second kappa shape index (κ2) is 12.8. The van der Waals surface area contributed by atoms with E-state index in [0.717, 1.165) is 38.5 Å². The number of phenolic OH excluding ortho intramolecular Hbond substituents is 1. The third-order valence-electron chi connectivity index (χ3n) is 6.54. The molecule has 0 saturated heterocycles. The molecule has 0 bridgehead atoms. The van der Waals surface area contributed by atoms with Crippen molar-refractivity contribution in [2.24, 2.45) is 5.41 Å². The molecule has 1 saturated carbocycles. The zero-order valence-electron chi connectivity index (χ0n) is 22.8. The fourth-order valence-electron chi connectivity index (χ4n) is 4.48. The van der Waals surface area contributed by atoms with Gasteiger partial charge in [0.15, 0.2) is 17.3 Å². The molecule has 2 N–H and O–H groups in total. The van der Waals surface area contributed by atoms with Gasteiger partial charge in [0.2, 0.25) is 0 Å². The number of carbonyl (C=O) groups excluding carboxylic acids is 2. The van der Waals surface area contributed by atoms with Gasteiger partial charge in [-0.2, -0.15) is 0 Å². The molecule has 0 heterocycles. The van der Waals surface area contributed by atoms with Gasteiger partial charge in [0.25, 0.3) is 5.91 Å². The van der Waals surface area contributed by atoms with Crippen LogP contribution in [0, 0.1) is 12.3 Å². The van der Waals surface area contributed by atoms with Crippen molar-refractivity contribution in [3.05, 3.63) is 47.0 Å². The Hall–Kier alpha value is -3.22. The van der Waals surface area contributed by atoms with Crippen molar-refractivity contribution in [1.82, 2.24) is 5.32 Å². The predicted molar refractivity (Wildman–Crippen MR) is 144 cm³/mol. The molecule has 0 spiro atoms. The average molecular weight is 512 g/mol. The van der Waals surface area contributed by atoms with Gasteiger partial charge in [-0.1, -0.05) is 33.6 Å². The van der Waals surface area contributed by atoms with Crippen LogP contribution in [0.1, 0.15) is 92.0 Å². The van der Waals surface area contributed by atoms with Crippen molar-refractivity contribution in [2.45, 2.75) is 78.7 Å². The topological polar surface area (TPSA) is 94.1 Å². The first-order valence-corrected chi connectivity index (χ1v) is 13.2. The van der Waals surface area contributed by atoms with Gasteiger partial charge < -0.3 is 24.6 Å². The minimum absolute atomic E-state index is 0.0148. The largest absolute Gasteiger partial charge is 0.507 e. The quantitative estimate of drug-likeness (QED) is 0.259. The number of nitrogens with one attached hydrogen (secondary N) is 1. The van der Waals surface area contributed by atoms with Crippen LogP contribution in [0.3, 0.4) is 0 Å². The van der Waals surface area contributed by atoms with Crippen LogP contribution in [-0.4, -0.2) is 43.2 Å². The number of ketones is 1. The first kappa shape index (κ1) is 28.4. The van der Waals surface area contributed by atoms with E-state index in [-0.39, 0.29) is 28.9 Å². The molecule has 0 atom stereocenters. The number of phenols is 1. The normalized spacial score (nSPS) is 13.9. The highest BCUT2D eigenvalue weighted by atomic mass is 16.5. The van der Waals surface area contributed by atoms with Crippen molar-refractivity contribution >= 4 is 11.7 Å². The number of carbonyl (C=O) groups is 2. The van der Waals surface area contributed by atoms with E-state index in [0.29, 0.717) is 53.6 Å². The second-order valence-electron chi connectivity index (χ2n) is 11.0. The van der Waals surface area contributed by atoms with E-state index in [4.69, 9.17) is 14.2 Å². The van der Waals surface area contributed by atoms with Crippen LogP contribution in [0.2, 0.25) is 0 Å². The number of rotatable bonds is 12. The fourth-order valence-corrected chi connectivity index (χ4v) is 4.48. The van der Waals surface area contributed by atoms with Gasteiger partial charge in [-0.25, -0.2) is 0 Å². The van der Waals surface area contributed by atoms with Gasteiger partial charge in [0.05, 0.1) is 25.9 Å². The van der Waals surface area contributed by atoms with Crippen LogP contribution < -0.4 is 19.5 Å². The third-order valence-corrected chi connectivity index (χ3v) is 6.54. The molecule has 7 nitrogen and oxygen atoms in total. The summed E-state index contributed by atoms with van der Waals surface area (Å²) < 4.78 is 17.2. The summed E-state index contributed by atoms with van der Waals surface area (Å²) in [5, 5.41) is 13.6. The number of unbranched alkanes of at least 4 members (excludes halogenated alkanes) is 1. The molecule has 3 rings (SSSR count). The molecule has 0 aliphatic heterocycles. The molecule has 2 aromatic carbocycles. The van der Waals surface area contributed by atoms with E-state index in [9.17, 15) is 14.7 Å². The van der Waals surface area contributed by atoms with Crippen LogP contribution >= 0.6 is 0 Å². The number of ether oxygens (including phenoxy) is 3. The van der Waals surface area contributed by atoms with E-state index in [1.165, 1.54) is 0 Å². The minimum Gasteiger partial charge on any atom is -0.507 e. The van der Waals surface area contributed by atoms with E-state index >= 15 is 0 Å². The number of aromatic hydroxyl groups is 1. The zero-order chi connectivity index (χ0) is 27.0. The lowest BCUT2D eigenvalue weighted by atomic mass is 9.87. The molecule has 7 heteroatoms. The highest BCUT2D eigenvalue weighted by Crippen LogP contribution is 2.33. The standard InChI is InChI=1S/C30H41NO6/c1-20-25(15-13-23(28(20)33)24(32)19-30(2,3)4)36-16-8-9-17-37-27-18-21(12-14-26(27)35-5)29(34)31-22-10-6-7-11-22/h12-15,18,22,33H,6-11,16-17,19H2,1-5H3,(H,31,34). The van der Waals surface area contributed by atoms with Crippen molar-refractivity contribution in [1.29, 1.82) is 0 Å². The van der Waals surface area contributed by atoms with Crippen molar-refractivity contribution in [3.63, 3.8) is 0 Å². The molecular weight excluding hydrogens is 470 g/mol. The van der Waals surface area contributed by atoms with Gasteiger partial charge in [-0.15, -0.1) is 0 Å². The predicted octanol–water partition coefficient (Wildman–Crippen LogP) is 6.24. The lowest BCUT2D eigenvalue weighted by Gasteiger charge is -2.18. The Morgan fingerprint density at radius 3 is 2.22 bits per heavy atom. The van der Waals surface area contributed by atoms with Crippen molar-refractivity contribution in [2.75, 3.05) is 20.3 Å². The number of Topliss-reactive ketones (excluding diaryl/α,β-unsaturated/α-hetero) is 1. The van der Waals surface area contributed by atoms with E-state index < -0.39 is 0 Å². The third kappa shape index (κ3) is 8.14. The summed E-state index contributed by atoms with van der Waals surface area (Å²) in [4.78, 5) is 25.1. The molecule has 2 aromatic rings. The smallest absolute Gasteiger partial charge is 0.251 e. The first-order chi connectivity index (χ1) is 17.6. The van der Waals surface area contributed by atoms with E-state index in [1.54, 1.807) is 44.4 Å². The lowest BCUT2D eigenvalue weighted by molar-refractivity contribution is 0.0928. The number of hydrogen-bond acceptors (Lipinski definition) is 6. The highest BCUT2D eigenvalue weighted by molar-refractivity contribution is 5.99. The SMILES string of the molecule is COc1ccc(C(=O)NC2CCCC2)cc1OCCCCOc1ccc(C(=O)CC(C)(C)C)c(O)c1C. The molecule has 1 aliphatic rings. The summed E-state index contributed by atoms with van der Waals surface area (Å²) in [7, 11) is 1.58. The number of hydrogen-bond donors (Lipinski definition) is 2. The first-order valence-electron chi connectivity index (χ1n) is 13.2. The summed E-state index contributed by atoms with van der Waals surface area (Å²) in [6.07, 6.45) is 6.21. The Kier molecular flexibility index (Phi) is 9.84. The number of methoxy groups -OCH3 is 1. The molecule has 1 aliphatic carbocycles. The van der Waals surface area contributed by atoms with Crippen LogP contribution in [-0.2, 0) is 0 Å². The maximum Gasteiger partial charge on any atom is 0.251 e. The summed E-state index contributed by atoms with van der Waals surface area (Å²) in [5.41, 5.74) is 1.31. The van der Waals surface area contributed by atoms with Gasteiger partial charge in [-0.05, 0) is 68.4 Å². The summed E-state index contributed by atoms with van der Waals surface area (Å²) in [6, 6.07) is 8.88. The molecule has 0 unspecified atom stereocenters. The van der Waals surface area contributed by atoms with E-state index in [1.807, 2.05) is 20.8 Å². The highest BCUT2D eigenvalue weighted by Gasteiger charge is 2.22. The van der Waals surface area contributed by atoms with Crippen LogP contribution in [0.25, 0.3) is 0 Å². The summed E-state index contributed by atoms with van der Waals surface area (Å²) in [6.45, 7) is 8.63. The Morgan fingerprint density at radius 1 is 0.973 bits per heavy atom. The lowest BCUT2D eigenvalue weighted by Crippen LogP contribution is -2.32. The molecule has 1 amide bonds. The van der Waals surface area contributed by atoms with E-state index in [2.05, 4.69) is 5.32 Å². The Labute approximate surface area is 220 Å². The Balaban J connectivity index is 1.47. The molecular formula is C30H41NO6. The molecule has 0 radical (unpaired) electrons. The van der Waals surface area contributed by atoms with Crippen LogP contribution in [0.4, 0.5) is 0 Å². The zero-order valence-corrected chi connectivity index (χ0v) is 22.8.